The van der Waals surface area contributed by atoms with Crippen molar-refractivity contribution in [2.45, 2.75) is 46.1 Å². The van der Waals surface area contributed by atoms with Gasteiger partial charge in [-0.05, 0) is 26.7 Å². The van der Waals surface area contributed by atoms with E-state index in [2.05, 4.69) is 5.32 Å². The molecule has 5 nitrogen and oxygen atoms in total. The number of nitrogens with one attached hydrogen (secondary N) is 1. The van der Waals surface area contributed by atoms with Crippen molar-refractivity contribution in [1.29, 1.82) is 0 Å². The molecule has 17 heavy (non-hydrogen) atoms. The zero-order chi connectivity index (χ0) is 13.6. The van der Waals surface area contributed by atoms with E-state index in [1.165, 1.54) is 0 Å². The highest BCUT2D eigenvalue weighted by atomic mass is 16.4. The molecule has 0 bridgehead atoms. The molecule has 0 aliphatic carbocycles. The minimum Gasteiger partial charge on any atom is -0.481 e. The Morgan fingerprint density at radius 1 is 1.35 bits per heavy atom. The largest absolute Gasteiger partial charge is 0.481 e. The van der Waals surface area contributed by atoms with Crippen molar-refractivity contribution in [3.8, 4) is 0 Å². The lowest BCUT2D eigenvalue weighted by atomic mass is 10.0. The van der Waals surface area contributed by atoms with E-state index >= 15 is 0 Å². The van der Waals surface area contributed by atoms with E-state index in [0.29, 0.717) is 6.42 Å². The van der Waals surface area contributed by atoms with Crippen molar-refractivity contribution in [3.05, 3.63) is 0 Å². The van der Waals surface area contributed by atoms with Gasteiger partial charge < -0.3 is 15.3 Å². The molecule has 0 saturated carbocycles. The molecule has 0 spiro atoms. The van der Waals surface area contributed by atoms with Gasteiger partial charge in [-0.25, -0.2) is 4.79 Å². The number of rotatable bonds is 6. The van der Waals surface area contributed by atoms with Crippen LogP contribution in [0.4, 0.5) is 4.79 Å². The Kier molecular flexibility index (Phi) is 5.99. The average molecular weight is 244 g/mol. The van der Waals surface area contributed by atoms with Crippen molar-refractivity contribution >= 4 is 12.0 Å². The van der Waals surface area contributed by atoms with Gasteiger partial charge in [0.25, 0.3) is 0 Å². The Bertz CT molecular complexity index is 277. The van der Waals surface area contributed by atoms with E-state index in [9.17, 15) is 9.59 Å². The van der Waals surface area contributed by atoms with E-state index in [1.54, 1.807) is 18.9 Å². The maximum Gasteiger partial charge on any atom is 0.317 e. The van der Waals surface area contributed by atoms with Gasteiger partial charge in [-0.1, -0.05) is 13.8 Å². The normalized spacial score (nSPS) is 13.0. The third kappa shape index (κ3) is 4.63. The summed E-state index contributed by atoms with van der Waals surface area (Å²) in [6, 6.07) is -0.225. The predicted octanol–water partition coefficient (Wildman–Crippen LogP) is 1.93. The Balaban J connectivity index is 4.32. The lowest BCUT2D eigenvalue weighted by Gasteiger charge is -2.35. The van der Waals surface area contributed by atoms with Crippen LogP contribution in [0.3, 0.4) is 0 Å². The van der Waals surface area contributed by atoms with Gasteiger partial charge in [0.2, 0.25) is 0 Å². The van der Waals surface area contributed by atoms with Crippen LogP contribution in [0.5, 0.6) is 0 Å². The highest BCUT2D eigenvalue weighted by molar-refractivity contribution is 5.76. The molecule has 0 aliphatic rings. The first-order valence-corrected chi connectivity index (χ1v) is 6.00. The van der Waals surface area contributed by atoms with E-state index in [4.69, 9.17) is 5.11 Å². The van der Waals surface area contributed by atoms with E-state index in [-0.39, 0.29) is 18.1 Å². The number of carboxylic acid groups (broad SMARTS) is 1. The molecule has 0 saturated heterocycles. The first-order valence-electron chi connectivity index (χ1n) is 6.00. The molecule has 1 unspecified atom stereocenters. The zero-order valence-electron chi connectivity index (χ0n) is 11.4. The number of aliphatic carboxylic acids is 1. The smallest absolute Gasteiger partial charge is 0.317 e. The van der Waals surface area contributed by atoms with Crippen LogP contribution in [-0.4, -0.2) is 41.1 Å². The summed E-state index contributed by atoms with van der Waals surface area (Å²) < 4.78 is 0. The van der Waals surface area contributed by atoms with Crippen molar-refractivity contribution < 1.29 is 14.7 Å². The molecular formula is C12H24N2O3. The number of carboxylic acids is 1. The van der Waals surface area contributed by atoms with Crippen LogP contribution in [0.25, 0.3) is 0 Å². The molecule has 0 fully saturated rings. The fraction of sp³-hybridized carbons (Fsp3) is 0.833. The molecular weight excluding hydrogens is 220 g/mol. The van der Waals surface area contributed by atoms with E-state index < -0.39 is 11.9 Å². The summed E-state index contributed by atoms with van der Waals surface area (Å²) >= 11 is 0. The molecule has 0 heterocycles. The topological polar surface area (TPSA) is 69.6 Å². The van der Waals surface area contributed by atoms with Gasteiger partial charge >= 0.3 is 12.0 Å². The number of nitrogens with zero attached hydrogens (tertiary/aromatic N) is 1. The number of hydrogen-bond acceptors (Lipinski definition) is 2. The number of amides is 2. The molecule has 0 radical (unpaired) electrons. The minimum absolute atomic E-state index is 0.175. The summed E-state index contributed by atoms with van der Waals surface area (Å²) in [4.78, 5) is 24.2. The van der Waals surface area contributed by atoms with Gasteiger partial charge in [0, 0.05) is 19.1 Å². The summed E-state index contributed by atoms with van der Waals surface area (Å²) in [7, 11) is 1.72. The van der Waals surface area contributed by atoms with Crippen LogP contribution >= 0.6 is 0 Å². The molecule has 0 rings (SSSR count). The SMILES string of the molecule is CCC(CNC(=O)N(C)C(C)(C)CC)C(=O)O. The molecule has 0 aromatic heterocycles. The molecule has 0 aromatic carbocycles. The van der Waals surface area contributed by atoms with Crippen molar-refractivity contribution in [1.82, 2.24) is 10.2 Å². The van der Waals surface area contributed by atoms with Crippen LogP contribution in [0.15, 0.2) is 0 Å². The van der Waals surface area contributed by atoms with Crippen LogP contribution in [0, 0.1) is 5.92 Å². The van der Waals surface area contributed by atoms with Gasteiger partial charge in [-0.2, -0.15) is 0 Å². The van der Waals surface area contributed by atoms with Crippen molar-refractivity contribution in [2.24, 2.45) is 5.92 Å². The van der Waals surface area contributed by atoms with Crippen LogP contribution < -0.4 is 5.32 Å². The number of carbonyl (C=O) groups excluding carboxylic acids is 1. The van der Waals surface area contributed by atoms with Crippen LogP contribution in [-0.2, 0) is 4.79 Å². The van der Waals surface area contributed by atoms with Gasteiger partial charge in [0.15, 0.2) is 0 Å². The quantitative estimate of drug-likeness (QED) is 0.750. The molecule has 2 amide bonds. The standard InChI is InChI=1S/C12H24N2O3/c1-6-9(10(15)16)8-13-11(17)14(5)12(3,4)7-2/h9H,6-8H2,1-5H3,(H,13,17)(H,15,16). The Morgan fingerprint density at radius 3 is 2.24 bits per heavy atom. The van der Waals surface area contributed by atoms with Crippen LogP contribution in [0.2, 0.25) is 0 Å². The first kappa shape index (κ1) is 15.7. The van der Waals surface area contributed by atoms with Crippen molar-refractivity contribution in [3.63, 3.8) is 0 Å². The molecule has 1 atom stereocenters. The highest BCUT2D eigenvalue weighted by Crippen LogP contribution is 2.16. The van der Waals surface area contributed by atoms with E-state index in [1.807, 2.05) is 20.8 Å². The minimum atomic E-state index is -0.870. The summed E-state index contributed by atoms with van der Waals surface area (Å²) in [5, 5.41) is 11.5. The van der Waals surface area contributed by atoms with Crippen molar-refractivity contribution in [2.75, 3.05) is 13.6 Å². The third-order valence-corrected chi connectivity index (χ3v) is 3.42. The fourth-order valence-corrected chi connectivity index (χ4v) is 1.25. The molecule has 0 aliphatic heterocycles. The Hall–Kier alpha value is -1.26. The second-order valence-electron chi connectivity index (χ2n) is 4.85. The first-order chi connectivity index (χ1) is 7.76. The molecule has 0 aromatic rings. The number of hydrogen-bond donors (Lipinski definition) is 2. The Labute approximate surface area is 103 Å². The van der Waals surface area contributed by atoms with Gasteiger partial charge in [0.05, 0.1) is 5.92 Å². The number of urea groups is 1. The Morgan fingerprint density at radius 2 is 1.88 bits per heavy atom. The lowest BCUT2D eigenvalue weighted by molar-refractivity contribution is -0.141. The van der Waals surface area contributed by atoms with E-state index in [0.717, 1.165) is 6.42 Å². The fourth-order valence-electron chi connectivity index (χ4n) is 1.25. The molecule has 100 valence electrons. The summed E-state index contributed by atoms with van der Waals surface area (Å²) in [6.07, 6.45) is 1.35. The average Bonchev–Trinajstić information content (AvgIpc) is 2.28. The van der Waals surface area contributed by atoms with Gasteiger partial charge in [-0.15, -0.1) is 0 Å². The number of carbonyl (C=O) groups is 2. The van der Waals surface area contributed by atoms with Gasteiger partial charge in [-0.3, -0.25) is 4.79 Å². The van der Waals surface area contributed by atoms with Crippen LogP contribution in [0.1, 0.15) is 40.5 Å². The molecule has 5 heteroatoms. The second-order valence-corrected chi connectivity index (χ2v) is 4.85. The zero-order valence-corrected chi connectivity index (χ0v) is 11.4. The summed E-state index contributed by atoms with van der Waals surface area (Å²) in [5.41, 5.74) is -0.227. The third-order valence-electron chi connectivity index (χ3n) is 3.42. The highest BCUT2D eigenvalue weighted by Gasteiger charge is 2.26. The lowest BCUT2D eigenvalue weighted by Crippen LogP contribution is -2.50. The maximum absolute atomic E-state index is 11.8. The monoisotopic (exact) mass is 244 g/mol. The summed E-state index contributed by atoms with van der Waals surface area (Å²) in [6.45, 7) is 7.93. The summed E-state index contributed by atoms with van der Waals surface area (Å²) in [5.74, 6) is -1.39. The predicted molar refractivity (Wildman–Crippen MR) is 66.9 cm³/mol. The second kappa shape index (κ2) is 6.47. The van der Waals surface area contributed by atoms with Gasteiger partial charge in [0.1, 0.15) is 0 Å². The molecule has 2 N–H and O–H groups in total. The maximum atomic E-state index is 11.8.